The van der Waals surface area contributed by atoms with Crippen LogP contribution in [-0.2, 0) is 21.4 Å². The Balaban J connectivity index is 0.000000858. The minimum Gasteiger partial charge on any atom is -0.483 e. The molecular formula is C19H24N6O6. The van der Waals surface area contributed by atoms with Crippen LogP contribution in [0, 0.1) is 5.92 Å². The Hall–Kier alpha value is -3.38. The molecule has 2 aliphatic rings. The smallest absolute Gasteiger partial charge is 0.317 e. The second kappa shape index (κ2) is 10.1. The number of nitrogens with zero attached hydrogens (tertiary/aromatic N) is 6. The van der Waals surface area contributed by atoms with E-state index in [4.69, 9.17) is 19.7 Å². The maximum absolute atomic E-state index is 13.2. The third kappa shape index (κ3) is 5.61. The number of carbonyl (C=O) groups excluding carboxylic acids is 1. The Labute approximate surface area is 178 Å². The van der Waals surface area contributed by atoms with Crippen LogP contribution in [0.1, 0.15) is 10.4 Å². The van der Waals surface area contributed by atoms with Crippen LogP contribution in [0.5, 0.6) is 0 Å². The van der Waals surface area contributed by atoms with Gasteiger partial charge in [0.05, 0.1) is 32.8 Å². The van der Waals surface area contributed by atoms with Crippen molar-refractivity contribution < 1.29 is 29.3 Å². The third-order valence-corrected chi connectivity index (χ3v) is 5.06. The zero-order valence-corrected chi connectivity index (χ0v) is 17.0. The van der Waals surface area contributed by atoms with Crippen molar-refractivity contribution in [2.45, 2.75) is 6.04 Å². The molecule has 0 aliphatic carbocycles. The van der Waals surface area contributed by atoms with E-state index < -0.39 is 5.97 Å². The maximum Gasteiger partial charge on any atom is 0.317 e. The van der Waals surface area contributed by atoms with Crippen LogP contribution in [0.2, 0.25) is 0 Å². The van der Waals surface area contributed by atoms with E-state index >= 15 is 0 Å². The largest absolute Gasteiger partial charge is 0.483 e. The van der Waals surface area contributed by atoms with E-state index in [9.17, 15) is 9.59 Å². The second-order valence-corrected chi connectivity index (χ2v) is 7.39. The number of rotatable bonds is 4. The number of benzene rings is 1. The molecule has 2 fully saturated rings. The van der Waals surface area contributed by atoms with Crippen LogP contribution < -0.4 is 0 Å². The number of hydrogen-bond acceptors (Lipinski definition) is 8. The number of aliphatic carboxylic acids is 1. The first-order chi connectivity index (χ1) is 14.9. The number of fused-ring (bicyclic) bond motifs is 3. The van der Waals surface area contributed by atoms with E-state index in [2.05, 4.69) is 15.4 Å². The van der Waals surface area contributed by atoms with Gasteiger partial charge in [-0.2, -0.15) is 4.80 Å². The lowest BCUT2D eigenvalue weighted by Crippen LogP contribution is -2.47. The Kier molecular flexibility index (Phi) is 7.26. The topological polar surface area (TPSA) is 151 Å². The van der Waals surface area contributed by atoms with Gasteiger partial charge in [-0.15, -0.1) is 10.2 Å². The van der Waals surface area contributed by atoms with Crippen molar-refractivity contribution >= 4 is 18.3 Å². The van der Waals surface area contributed by atoms with Crippen molar-refractivity contribution in [1.82, 2.24) is 30.0 Å². The van der Waals surface area contributed by atoms with Gasteiger partial charge in [0.15, 0.2) is 0 Å². The molecule has 31 heavy (non-hydrogen) atoms. The Bertz CT molecular complexity index is 917. The van der Waals surface area contributed by atoms with Gasteiger partial charge in [-0.1, -0.05) is 12.1 Å². The lowest BCUT2D eigenvalue weighted by Gasteiger charge is -2.30. The predicted octanol–water partition coefficient (Wildman–Crippen LogP) is -0.565. The Morgan fingerprint density at radius 2 is 1.90 bits per heavy atom. The summed E-state index contributed by atoms with van der Waals surface area (Å²) in [6.07, 6.45) is 0. The lowest BCUT2D eigenvalue weighted by molar-refractivity contribution is -0.138. The van der Waals surface area contributed by atoms with Crippen LogP contribution in [0.15, 0.2) is 24.3 Å². The number of hydrogen-bond donors (Lipinski definition) is 2. The summed E-state index contributed by atoms with van der Waals surface area (Å²) in [6.45, 7) is 2.36. The Morgan fingerprint density at radius 3 is 2.52 bits per heavy atom. The summed E-state index contributed by atoms with van der Waals surface area (Å²) >= 11 is 0. The van der Waals surface area contributed by atoms with E-state index in [-0.39, 0.29) is 30.9 Å². The fourth-order valence-corrected chi connectivity index (χ4v) is 3.84. The average molecular weight is 432 g/mol. The van der Waals surface area contributed by atoms with Crippen molar-refractivity contribution in [3.05, 3.63) is 29.8 Å². The second-order valence-electron chi connectivity index (χ2n) is 7.39. The molecule has 1 amide bonds. The van der Waals surface area contributed by atoms with Gasteiger partial charge >= 0.3 is 5.97 Å². The van der Waals surface area contributed by atoms with Crippen LogP contribution in [0.25, 0.3) is 11.4 Å². The monoisotopic (exact) mass is 432 g/mol. The molecule has 12 nitrogen and oxygen atoms in total. The SMILES string of the molecule is Cn1nnc(-c2ccc(C(=O)N3C[C@H]4COC[C@@H]3CN(CC(=O)O)C4)cc2)n1.O=CO. The van der Waals surface area contributed by atoms with Crippen LogP contribution >= 0.6 is 0 Å². The number of aromatic nitrogens is 4. The van der Waals surface area contributed by atoms with Gasteiger partial charge < -0.3 is 19.8 Å². The normalized spacial score (nSPS) is 20.9. The van der Waals surface area contributed by atoms with Crippen LogP contribution in [0.4, 0.5) is 0 Å². The first-order valence-electron chi connectivity index (χ1n) is 9.66. The number of aryl methyl sites for hydroxylation is 1. The summed E-state index contributed by atoms with van der Waals surface area (Å²) < 4.78 is 5.72. The van der Waals surface area contributed by atoms with Gasteiger partial charge in [0.25, 0.3) is 12.4 Å². The molecule has 2 saturated heterocycles. The Morgan fingerprint density at radius 1 is 1.19 bits per heavy atom. The summed E-state index contributed by atoms with van der Waals surface area (Å²) in [5.41, 5.74) is 1.36. The highest BCUT2D eigenvalue weighted by Crippen LogP contribution is 2.23. The van der Waals surface area contributed by atoms with Crippen molar-refractivity contribution in [1.29, 1.82) is 0 Å². The molecule has 2 atom stereocenters. The first-order valence-corrected chi connectivity index (χ1v) is 9.66. The van der Waals surface area contributed by atoms with Crippen molar-refractivity contribution in [2.24, 2.45) is 13.0 Å². The van der Waals surface area contributed by atoms with Gasteiger partial charge in [0, 0.05) is 36.7 Å². The van der Waals surface area contributed by atoms with Crippen molar-refractivity contribution in [2.75, 3.05) is 39.4 Å². The number of tetrazole rings is 1. The van der Waals surface area contributed by atoms with Gasteiger partial charge in [-0.25, -0.2) is 0 Å². The summed E-state index contributed by atoms with van der Waals surface area (Å²) in [4.78, 5) is 37.8. The molecule has 0 spiro atoms. The summed E-state index contributed by atoms with van der Waals surface area (Å²) in [7, 11) is 1.70. The number of carboxylic acids is 1. The van der Waals surface area contributed by atoms with Gasteiger partial charge in [-0.05, 0) is 17.3 Å². The minimum absolute atomic E-state index is 0.0190. The lowest BCUT2D eigenvalue weighted by atomic mass is 10.1. The van der Waals surface area contributed by atoms with Gasteiger partial charge in [0.2, 0.25) is 5.82 Å². The number of carbonyl (C=O) groups is 3. The molecule has 1 aromatic carbocycles. The van der Waals surface area contributed by atoms with E-state index in [0.29, 0.717) is 44.2 Å². The predicted molar refractivity (Wildman–Crippen MR) is 106 cm³/mol. The number of ether oxygens (including phenoxy) is 1. The van der Waals surface area contributed by atoms with Gasteiger partial charge in [-0.3, -0.25) is 19.3 Å². The highest BCUT2D eigenvalue weighted by atomic mass is 16.5. The average Bonchev–Trinajstić information content (AvgIpc) is 2.96. The summed E-state index contributed by atoms with van der Waals surface area (Å²) in [5.74, 6) is -0.327. The van der Waals surface area contributed by atoms with Crippen molar-refractivity contribution in [3.63, 3.8) is 0 Å². The summed E-state index contributed by atoms with van der Waals surface area (Å²) in [6, 6.07) is 6.97. The molecule has 166 valence electrons. The molecular weight excluding hydrogens is 408 g/mol. The molecule has 0 radical (unpaired) electrons. The van der Waals surface area contributed by atoms with Crippen LogP contribution in [-0.4, -0.2) is 104 Å². The van der Waals surface area contributed by atoms with Gasteiger partial charge in [0.1, 0.15) is 0 Å². The third-order valence-electron chi connectivity index (χ3n) is 5.06. The van der Waals surface area contributed by atoms with E-state index in [1.807, 2.05) is 9.80 Å². The molecule has 2 aliphatic heterocycles. The standard InChI is InChI=1S/C18H22N6O4.CH2O2/c1-22-20-17(19-21-22)13-2-4-14(5-3-13)18(27)24-7-12-6-23(9-16(25)26)8-15(24)11-28-10-12;2-1-3/h2-5,12,15H,6-11H2,1H3,(H,25,26);1H,(H,2,3)/t12-,15-;/m0./s1. The van der Waals surface area contributed by atoms with Crippen molar-refractivity contribution in [3.8, 4) is 11.4 Å². The molecule has 4 rings (SSSR count). The highest BCUT2D eigenvalue weighted by Gasteiger charge is 2.36. The molecule has 0 saturated carbocycles. The van der Waals surface area contributed by atoms with E-state index in [0.717, 1.165) is 5.56 Å². The number of carboxylic acid groups (broad SMARTS) is 2. The minimum atomic E-state index is -0.855. The zero-order chi connectivity index (χ0) is 22.4. The molecule has 12 heteroatoms. The maximum atomic E-state index is 13.2. The molecule has 1 aromatic heterocycles. The molecule has 2 N–H and O–H groups in total. The number of amides is 1. The molecule has 3 heterocycles. The molecule has 0 unspecified atom stereocenters. The van der Waals surface area contributed by atoms with E-state index in [1.165, 1.54) is 4.80 Å². The first kappa shape index (κ1) is 22.3. The highest BCUT2D eigenvalue weighted by molar-refractivity contribution is 5.95. The fourth-order valence-electron chi connectivity index (χ4n) is 3.84. The van der Waals surface area contributed by atoms with Crippen LogP contribution in [0.3, 0.4) is 0 Å². The zero-order valence-electron chi connectivity index (χ0n) is 17.0. The summed E-state index contributed by atoms with van der Waals surface area (Å²) in [5, 5.41) is 28.0. The fraction of sp³-hybridized carbons (Fsp3) is 0.474. The van der Waals surface area contributed by atoms with E-state index in [1.54, 1.807) is 31.3 Å². The quantitative estimate of drug-likeness (QED) is 0.601. The molecule has 2 aromatic rings. The molecule has 2 bridgehead atoms.